The maximum Gasteiger partial charge on any atom is 0.253 e. The minimum absolute atomic E-state index is 0.0546. The van der Waals surface area contributed by atoms with Crippen molar-refractivity contribution in [1.82, 2.24) is 4.90 Å². The molecule has 1 saturated carbocycles. The van der Waals surface area contributed by atoms with Crippen LogP contribution >= 0.6 is 23.2 Å². The largest absolute Gasteiger partial charge is 0.393 e. The molecule has 5 heteroatoms. The van der Waals surface area contributed by atoms with Crippen molar-refractivity contribution in [3.63, 3.8) is 0 Å². The van der Waals surface area contributed by atoms with E-state index >= 15 is 0 Å². The SMILES string of the molecule is O=C(c1cc(Cl)cc(Cl)c1)N1C[C@H]2C[C@@H](O)[C@H]2C1. The summed E-state index contributed by atoms with van der Waals surface area (Å²) in [5.74, 6) is 0.656. The normalized spacial score (nSPS) is 29.9. The molecule has 3 rings (SSSR count). The number of amides is 1. The van der Waals surface area contributed by atoms with Crippen molar-refractivity contribution in [2.45, 2.75) is 12.5 Å². The van der Waals surface area contributed by atoms with Crippen molar-refractivity contribution in [2.24, 2.45) is 11.8 Å². The van der Waals surface area contributed by atoms with Gasteiger partial charge in [0.1, 0.15) is 0 Å². The highest BCUT2D eigenvalue weighted by atomic mass is 35.5. The van der Waals surface area contributed by atoms with Crippen molar-refractivity contribution < 1.29 is 9.90 Å². The molecule has 3 nitrogen and oxygen atoms in total. The number of halogens is 2. The first-order chi connectivity index (χ1) is 8.54. The maximum atomic E-state index is 12.3. The van der Waals surface area contributed by atoms with E-state index in [0.29, 0.717) is 28.1 Å². The second kappa shape index (κ2) is 4.41. The Balaban J connectivity index is 1.79. The van der Waals surface area contributed by atoms with Gasteiger partial charge in [0, 0.05) is 34.6 Å². The van der Waals surface area contributed by atoms with E-state index in [1.54, 1.807) is 23.1 Å². The first-order valence-electron chi connectivity index (χ1n) is 5.98. The summed E-state index contributed by atoms with van der Waals surface area (Å²) in [6, 6.07) is 4.87. The molecule has 1 heterocycles. The minimum Gasteiger partial charge on any atom is -0.393 e. The van der Waals surface area contributed by atoms with Gasteiger partial charge < -0.3 is 10.0 Å². The molecule has 1 N–H and O–H groups in total. The summed E-state index contributed by atoms with van der Waals surface area (Å²) in [6.07, 6.45) is 0.570. The minimum atomic E-state index is -0.240. The topological polar surface area (TPSA) is 40.5 Å². The molecule has 1 aromatic rings. The zero-order valence-electron chi connectivity index (χ0n) is 9.64. The van der Waals surface area contributed by atoms with Crippen LogP contribution in [0.1, 0.15) is 16.8 Å². The van der Waals surface area contributed by atoms with Crippen LogP contribution in [0.15, 0.2) is 18.2 Å². The van der Waals surface area contributed by atoms with Crippen LogP contribution in [0, 0.1) is 11.8 Å². The van der Waals surface area contributed by atoms with E-state index in [-0.39, 0.29) is 17.9 Å². The van der Waals surface area contributed by atoms with Gasteiger partial charge in [-0.15, -0.1) is 0 Å². The van der Waals surface area contributed by atoms with Crippen LogP contribution in [0.2, 0.25) is 10.0 Å². The summed E-state index contributed by atoms with van der Waals surface area (Å²) >= 11 is 11.8. The van der Waals surface area contributed by atoms with Crippen LogP contribution in [0.4, 0.5) is 0 Å². The molecule has 18 heavy (non-hydrogen) atoms. The summed E-state index contributed by atoms with van der Waals surface area (Å²) in [7, 11) is 0. The summed E-state index contributed by atoms with van der Waals surface area (Å²) in [4.78, 5) is 14.1. The van der Waals surface area contributed by atoms with Crippen molar-refractivity contribution in [2.75, 3.05) is 13.1 Å². The molecular formula is C13H13Cl2NO2. The summed E-state index contributed by atoms with van der Waals surface area (Å²) in [5, 5.41) is 10.5. The Morgan fingerprint density at radius 1 is 1.22 bits per heavy atom. The zero-order chi connectivity index (χ0) is 12.9. The average Bonchev–Trinajstić information content (AvgIpc) is 2.64. The molecule has 1 aromatic carbocycles. The maximum absolute atomic E-state index is 12.3. The fraction of sp³-hybridized carbons (Fsp3) is 0.462. The van der Waals surface area contributed by atoms with Crippen LogP contribution in [0.25, 0.3) is 0 Å². The van der Waals surface area contributed by atoms with Crippen molar-refractivity contribution in [1.29, 1.82) is 0 Å². The number of aliphatic hydroxyl groups excluding tert-OH is 1. The van der Waals surface area contributed by atoms with E-state index in [9.17, 15) is 9.90 Å². The van der Waals surface area contributed by atoms with Crippen LogP contribution < -0.4 is 0 Å². The van der Waals surface area contributed by atoms with Gasteiger partial charge in [-0.1, -0.05) is 23.2 Å². The van der Waals surface area contributed by atoms with Gasteiger partial charge in [-0.2, -0.15) is 0 Å². The first kappa shape index (κ1) is 12.3. The Morgan fingerprint density at radius 3 is 2.44 bits per heavy atom. The van der Waals surface area contributed by atoms with Gasteiger partial charge in [-0.3, -0.25) is 4.79 Å². The smallest absolute Gasteiger partial charge is 0.253 e. The molecule has 1 amide bonds. The zero-order valence-corrected chi connectivity index (χ0v) is 11.2. The number of fused-ring (bicyclic) bond motifs is 1. The molecule has 1 aliphatic carbocycles. The number of likely N-dealkylation sites (tertiary alicyclic amines) is 1. The van der Waals surface area contributed by atoms with E-state index in [1.165, 1.54) is 0 Å². The fourth-order valence-corrected chi connectivity index (χ4v) is 3.42. The third-order valence-electron chi connectivity index (χ3n) is 3.93. The van der Waals surface area contributed by atoms with E-state index in [4.69, 9.17) is 23.2 Å². The number of hydrogen-bond donors (Lipinski definition) is 1. The molecule has 0 aromatic heterocycles. The van der Waals surface area contributed by atoms with Gasteiger partial charge in [0.2, 0.25) is 0 Å². The summed E-state index contributed by atoms with van der Waals surface area (Å²) in [6.45, 7) is 1.36. The highest BCUT2D eigenvalue weighted by molar-refractivity contribution is 6.35. The molecule has 0 radical (unpaired) electrons. The van der Waals surface area contributed by atoms with E-state index in [1.807, 2.05) is 0 Å². The Bertz CT molecular complexity index is 486. The number of aliphatic hydroxyl groups is 1. The Hall–Kier alpha value is -0.770. The lowest BCUT2D eigenvalue weighted by atomic mass is 9.74. The quantitative estimate of drug-likeness (QED) is 0.861. The first-order valence-corrected chi connectivity index (χ1v) is 6.73. The molecule has 3 atom stereocenters. The molecule has 1 aliphatic heterocycles. The number of carbonyl (C=O) groups is 1. The van der Waals surface area contributed by atoms with E-state index in [2.05, 4.69) is 0 Å². The Kier molecular flexibility index (Phi) is 3.00. The second-order valence-electron chi connectivity index (χ2n) is 5.10. The predicted octanol–water partition coefficient (Wildman–Crippen LogP) is 2.45. The molecule has 2 aliphatic rings. The fourth-order valence-electron chi connectivity index (χ4n) is 2.90. The van der Waals surface area contributed by atoms with Gasteiger partial charge in [-0.05, 0) is 30.5 Å². The van der Waals surface area contributed by atoms with Crippen LogP contribution in [-0.2, 0) is 0 Å². The number of rotatable bonds is 1. The molecule has 0 bridgehead atoms. The monoisotopic (exact) mass is 285 g/mol. The van der Waals surface area contributed by atoms with Gasteiger partial charge in [0.25, 0.3) is 5.91 Å². The van der Waals surface area contributed by atoms with Crippen LogP contribution in [-0.4, -0.2) is 35.1 Å². The number of nitrogens with zero attached hydrogens (tertiary/aromatic N) is 1. The Labute approximate surface area is 115 Å². The molecule has 1 saturated heterocycles. The van der Waals surface area contributed by atoms with Crippen LogP contribution in [0.3, 0.4) is 0 Å². The summed E-state index contributed by atoms with van der Waals surface area (Å²) < 4.78 is 0. The van der Waals surface area contributed by atoms with Gasteiger partial charge in [0.05, 0.1) is 6.10 Å². The average molecular weight is 286 g/mol. The Morgan fingerprint density at radius 2 is 1.89 bits per heavy atom. The van der Waals surface area contributed by atoms with E-state index in [0.717, 1.165) is 13.0 Å². The lowest BCUT2D eigenvalue weighted by molar-refractivity contribution is -0.00426. The molecule has 2 fully saturated rings. The number of benzene rings is 1. The van der Waals surface area contributed by atoms with Gasteiger partial charge in [0.15, 0.2) is 0 Å². The predicted molar refractivity (Wildman–Crippen MR) is 70.0 cm³/mol. The third-order valence-corrected chi connectivity index (χ3v) is 4.36. The molecule has 96 valence electrons. The van der Waals surface area contributed by atoms with Gasteiger partial charge in [-0.25, -0.2) is 0 Å². The third kappa shape index (κ3) is 2.00. The number of hydrogen-bond acceptors (Lipinski definition) is 2. The highest BCUT2D eigenvalue weighted by Crippen LogP contribution is 2.41. The van der Waals surface area contributed by atoms with Crippen molar-refractivity contribution in [3.05, 3.63) is 33.8 Å². The van der Waals surface area contributed by atoms with Crippen molar-refractivity contribution >= 4 is 29.1 Å². The van der Waals surface area contributed by atoms with E-state index < -0.39 is 0 Å². The lowest BCUT2D eigenvalue weighted by Gasteiger charge is -2.34. The summed E-state index contributed by atoms with van der Waals surface area (Å²) in [5.41, 5.74) is 0.517. The number of carbonyl (C=O) groups excluding carboxylic acids is 1. The van der Waals surface area contributed by atoms with Gasteiger partial charge >= 0.3 is 0 Å². The molecule has 0 unspecified atom stereocenters. The lowest BCUT2D eigenvalue weighted by Crippen LogP contribution is -2.39. The molecule has 0 spiro atoms. The standard InChI is InChI=1S/C13H13Cl2NO2/c14-9-1-7(2-10(15)4-9)13(18)16-5-8-3-12(17)11(8)6-16/h1-2,4,8,11-12,17H,3,5-6H2/t8-,11+,12-/m1/s1. The molecular weight excluding hydrogens is 273 g/mol. The highest BCUT2D eigenvalue weighted by Gasteiger charge is 2.47. The van der Waals surface area contributed by atoms with Crippen molar-refractivity contribution in [3.8, 4) is 0 Å². The second-order valence-corrected chi connectivity index (χ2v) is 5.97. The van der Waals surface area contributed by atoms with Crippen LogP contribution in [0.5, 0.6) is 0 Å².